The molecule has 0 spiro atoms. The average Bonchev–Trinajstić information content (AvgIpc) is 2.70. The van der Waals surface area contributed by atoms with Crippen molar-refractivity contribution in [2.45, 2.75) is 40.2 Å². The molecule has 4 heteroatoms. The van der Waals surface area contributed by atoms with Crippen molar-refractivity contribution in [3.05, 3.63) is 18.2 Å². The normalized spacial score (nSPS) is 12.8. The van der Waals surface area contributed by atoms with Gasteiger partial charge in [0, 0.05) is 32.4 Å². The molecule has 1 rings (SSSR count). The van der Waals surface area contributed by atoms with Gasteiger partial charge in [0.15, 0.2) is 0 Å². The van der Waals surface area contributed by atoms with Gasteiger partial charge in [0.1, 0.15) is 5.82 Å². The molecule has 4 nitrogen and oxygen atoms in total. The molecule has 1 aromatic heterocycles. The summed E-state index contributed by atoms with van der Waals surface area (Å²) in [5, 5.41) is 0. The van der Waals surface area contributed by atoms with Gasteiger partial charge in [-0.05, 0) is 12.3 Å². The van der Waals surface area contributed by atoms with E-state index in [0.717, 1.165) is 18.7 Å². The summed E-state index contributed by atoms with van der Waals surface area (Å²) in [7, 11) is 3.81. The van der Waals surface area contributed by atoms with Crippen LogP contribution in [0.3, 0.4) is 0 Å². The van der Waals surface area contributed by atoms with Crippen LogP contribution in [0.4, 0.5) is 0 Å². The Labute approximate surface area is 110 Å². The number of amides is 1. The maximum Gasteiger partial charge on any atom is 0.226 e. The summed E-state index contributed by atoms with van der Waals surface area (Å²) in [4.78, 5) is 18.5. The lowest BCUT2D eigenvalue weighted by Crippen LogP contribution is -2.35. The number of carbonyl (C=O) groups excluding carboxylic acids is 1. The van der Waals surface area contributed by atoms with E-state index in [0.29, 0.717) is 12.5 Å². The van der Waals surface area contributed by atoms with E-state index in [1.807, 2.05) is 24.9 Å². The van der Waals surface area contributed by atoms with Crippen LogP contribution in [0, 0.1) is 11.8 Å². The van der Waals surface area contributed by atoms with Gasteiger partial charge in [-0.25, -0.2) is 4.98 Å². The minimum absolute atomic E-state index is 0.125. The van der Waals surface area contributed by atoms with Gasteiger partial charge in [-0.15, -0.1) is 0 Å². The minimum atomic E-state index is 0.125. The second-order valence-corrected chi connectivity index (χ2v) is 5.29. The summed E-state index contributed by atoms with van der Waals surface area (Å²) in [6, 6.07) is 0. The van der Waals surface area contributed by atoms with E-state index in [2.05, 4.69) is 25.8 Å². The van der Waals surface area contributed by atoms with Crippen LogP contribution in [0.2, 0.25) is 0 Å². The van der Waals surface area contributed by atoms with E-state index in [9.17, 15) is 4.79 Å². The molecular weight excluding hydrogens is 226 g/mol. The second kappa shape index (κ2) is 6.57. The summed E-state index contributed by atoms with van der Waals surface area (Å²) in [5.41, 5.74) is 0. The SMILES string of the molecule is CCC[C@H](C(=O)N(C)Cc1nccn1C)C(C)C. The molecule has 1 atom stereocenters. The summed E-state index contributed by atoms with van der Waals surface area (Å²) in [5.74, 6) is 1.67. The number of aromatic nitrogens is 2. The zero-order valence-electron chi connectivity index (χ0n) is 12.2. The third-order valence-electron chi connectivity index (χ3n) is 3.40. The smallest absolute Gasteiger partial charge is 0.226 e. The van der Waals surface area contributed by atoms with Crippen LogP contribution >= 0.6 is 0 Å². The first kappa shape index (κ1) is 14.7. The maximum atomic E-state index is 12.4. The number of hydrogen-bond donors (Lipinski definition) is 0. The fourth-order valence-corrected chi connectivity index (χ4v) is 2.17. The molecule has 0 unspecified atom stereocenters. The lowest BCUT2D eigenvalue weighted by atomic mass is 9.90. The molecule has 1 amide bonds. The number of carbonyl (C=O) groups is 1. The molecule has 0 saturated carbocycles. The lowest BCUT2D eigenvalue weighted by molar-refractivity contribution is -0.136. The fourth-order valence-electron chi connectivity index (χ4n) is 2.17. The molecule has 1 heterocycles. The summed E-state index contributed by atoms with van der Waals surface area (Å²) in [6.07, 6.45) is 5.67. The Morgan fingerprint density at radius 1 is 1.50 bits per heavy atom. The van der Waals surface area contributed by atoms with Gasteiger partial charge in [-0.3, -0.25) is 4.79 Å². The van der Waals surface area contributed by atoms with Gasteiger partial charge >= 0.3 is 0 Å². The third kappa shape index (κ3) is 3.59. The Hall–Kier alpha value is -1.32. The van der Waals surface area contributed by atoms with Crippen LogP contribution in [0.1, 0.15) is 39.4 Å². The van der Waals surface area contributed by atoms with E-state index in [1.54, 1.807) is 11.1 Å². The Morgan fingerprint density at radius 2 is 2.17 bits per heavy atom. The summed E-state index contributed by atoms with van der Waals surface area (Å²) in [6.45, 7) is 6.94. The monoisotopic (exact) mass is 251 g/mol. The predicted molar refractivity (Wildman–Crippen MR) is 72.9 cm³/mol. The van der Waals surface area contributed by atoms with Crippen LogP contribution in [0.25, 0.3) is 0 Å². The number of aryl methyl sites for hydroxylation is 1. The van der Waals surface area contributed by atoms with Gasteiger partial charge in [0.2, 0.25) is 5.91 Å². The molecular formula is C14H25N3O. The molecule has 0 bridgehead atoms. The van der Waals surface area contributed by atoms with Crippen LogP contribution < -0.4 is 0 Å². The highest BCUT2D eigenvalue weighted by atomic mass is 16.2. The Kier molecular flexibility index (Phi) is 5.38. The summed E-state index contributed by atoms with van der Waals surface area (Å²) < 4.78 is 1.95. The first-order valence-corrected chi connectivity index (χ1v) is 6.68. The van der Waals surface area contributed by atoms with Crippen molar-refractivity contribution in [2.75, 3.05) is 7.05 Å². The number of hydrogen-bond acceptors (Lipinski definition) is 2. The fraction of sp³-hybridized carbons (Fsp3) is 0.714. The van der Waals surface area contributed by atoms with Gasteiger partial charge in [-0.2, -0.15) is 0 Å². The summed E-state index contributed by atoms with van der Waals surface area (Å²) >= 11 is 0. The van der Waals surface area contributed by atoms with E-state index < -0.39 is 0 Å². The van der Waals surface area contributed by atoms with Crippen molar-refractivity contribution in [1.29, 1.82) is 0 Å². The predicted octanol–water partition coefficient (Wildman–Crippen LogP) is 2.45. The van der Waals surface area contributed by atoms with Crippen LogP contribution in [0.5, 0.6) is 0 Å². The number of nitrogens with zero attached hydrogens (tertiary/aromatic N) is 3. The highest BCUT2D eigenvalue weighted by Gasteiger charge is 2.24. The number of imidazole rings is 1. The molecule has 0 fully saturated rings. The zero-order chi connectivity index (χ0) is 13.7. The maximum absolute atomic E-state index is 12.4. The molecule has 0 aliphatic rings. The average molecular weight is 251 g/mol. The van der Waals surface area contributed by atoms with Gasteiger partial charge < -0.3 is 9.47 Å². The van der Waals surface area contributed by atoms with Crippen LogP contribution in [-0.4, -0.2) is 27.4 Å². The van der Waals surface area contributed by atoms with Crippen molar-refractivity contribution in [2.24, 2.45) is 18.9 Å². The highest BCUT2D eigenvalue weighted by Crippen LogP contribution is 2.20. The van der Waals surface area contributed by atoms with Gasteiger partial charge in [-0.1, -0.05) is 27.2 Å². The molecule has 0 aromatic carbocycles. The standard InChI is InChI=1S/C14H25N3O/c1-6-7-12(11(2)3)14(18)17(5)10-13-15-8-9-16(13)4/h8-9,11-12H,6-7,10H2,1-5H3/t12-/m0/s1. The molecule has 0 N–H and O–H groups in total. The topological polar surface area (TPSA) is 38.1 Å². The van der Waals surface area contributed by atoms with Crippen molar-refractivity contribution in [3.63, 3.8) is 0 Å². The first-order chi connectivity index (χ1) is 8.47. The van der Waals surface area contributed by atoms with Crippen molar-refractivity contribution >= 4 is 5.91 Å². The van der Waals surface area contributed by atoms with E-state index in [-0.39, 0.29) is 11.8 Å². The van der Waals surface area contributed by atoms with E-state index >= 15 is 0 Å². The Balaban J connectivity index is 2.67. The zero-order valence-corrected chi connectivity index (χ0v) is 12.2. The Morgan fingerprint density at radius 3 is 2.61 bits per heavy atom. The quantitative estimate of drug-likeness (QED) is 0.779. The van der Waals surface area contributed by atoms with Crippen LogP contribution in [0.15, 0.2) is 12.4 Å². The molecule has 102 valence electrons. The molecule has 0 saturated heterocycles. The molecule has 1 aromatic rings. The largest absolute Gasteiger partial charge is 0.338 e. The van der Waals surface area contributed by atoms with E-state index in [4.69, 9.17) is 0 Å². The molecule has 0 radical (unpaired) electrons. The van der Waals surface area contributed by atoms with Gasteiger partial charge in [0.05, 0.1) is 6.54 Å². The second-order valence-electron chi connectivity index (χ2n) is 5.29. The van der Waals surface area contributed by atoms with Crippen molar-refractivity contribution < 1.29 is 4.79 Å². The highest BCUT2D eigenvalue weighted by molar-refractivity contribution is 5.78. The third-order valence-corrected chi connectivity index (χ3v) is 3.40. The Bertz CT molecular complexity index is 384. The van der Waals surface area contributed by atoms with Crippen LogP contribution in [-0.2, 0) is 18.4 Å². The molecule has 18 heavy (non-hydrogen) atoms. The molecule has 0 aliphatic carbocycles. The van der Waals surface area contributed by atoms with Crippen molar-refractivity contribution in [1.82, 2.24) is 14.5 Å². The first-order valence-electron chi connectivity index (χ1n) is 6.68. The minimum Gasteiger partial charge on any atom is -0.338 e. The van der Waals surface area contributed by atoms with E-state index in [1.165, 1.54) is 0 Å². The lowest BCUT2D eigenvalue weighted by Gasteiger charge is -2.25. The molecule has 0 aliphatic heterocycles. The van der Waals surface area contributed by atoms with Gasteiger partial charge in [0.25, 0.3) is 0 Å². The number of rotatable bonds is 6. The van der Waals surface area contributed by atoms with Crippen molar-refractivity contribution in [3.8, 4) is 0 Å².